The van der Waals surface area contributed by atoms with Crippen molar-refractivity contribution in [2.24, 2.45) is 0 Å². The first-order chi connectivity index (χ1) is 13.8. The number of thiazole rings is 1. The molecule has 2 atom stereocenters. The first-order valence-electron chi connectivity index (χ1n) is 9.45. The maximum atomic E-state index is 13.4. The summed E-state index contributed by atoms with van der Waals surface area (Å²) in [5.74, 6) is 1.11. The lowest BCUT2D eigenvalue weighted by molar-refractivity contribution is -0.128. The van der Waals surface area contributed by atoms with Crippen molar-refractivity contribution in [2.75, 3.05) is 24.7 Å². The van der Waals surface area contributed by atoms with E-state index in [0.29, 0.717) is 23.2 Å². The Morgan fingerprint density at radius 1 is 1.14 bits per heavy atom. The van der Waals surface area contributed by atoms with E-state index >= 15 is 0 Å². The molecular formula is C21H20N2O4S. The summed E-state index contributed by atoms with van der Waals surface area (Å²) in [6.07, 6.45) is 1.28. The highest BCUT2D eigenvalue weighted by Gasteiger charge is 2.35. The number of nitrogens with zero attached hydrogens (tertiary/aromatic N) is 2. The summed E-state index contributed by atoms with van der Waals surface area (Å²) in [5, 5.41) is 0.671. The van der Waals surface area contributed by atoms with Crippen LogP contribution in [0.1, 0.15) is 12.8 Å². The SMILES string of the molecule is O=C([C@H]1COc2ccccc2O1)N(C[C@@H]1CCCO1)c1nc2ccccc2s1. The second-order valence-corrected chi connectivity index (χ2v) is 7.92. The number of anilines is 1. The predicted octanol–water partition coefficient (Wildman–Crippen LogP) is 3.65. The number of fused-ring (bicyclic) bond motifs is 2. The molecule has 0 radical (unpaired) electrons. The van der Waals surface area contributed by atoms with Gasteiger partial charge in [-0.15, -0.1) is 0 Å². The average Bonchev–Trinajstić information content (AvgIpc) is 3.40. The number of aromatic nitrogens is 1. The van der Waals surface area contributed by atoms with Crippen LogP contribution in [0.3, 0.4) is 0 Å². The van der Waals surface area contributed by atoms with E-state index in [1.807, 2.05) is 48.5 Å². The number of ether oxygens (including phenoxy) is 3. The van der Waals surface area contributed by atoms with E-state index in [1.54, 1.807) is 4.90 Å². The van der Waals surface area contributed by atoms with Gasteiger partial charge in [0.25, 0.3) is 5.91 Å². The van der Waals surface area contributed by atoms with Gasteiger partial charge in [0.05, 0.1) is 22.9 Å². The van der Waals surface area contributed by atoms with Gasteiger partial charge in [0, 0.05) is 6.61 Å². The Balaban J connectivity index is 1.44. The van der Waals surface area contributed by atoms with E-state index in [4.69, 9.17) is 14.2 Å². The number of carbonyl (C=O) groups is 1. The van der Waals surface area contributed by atoms with Gasteiger partial charge < -0.3 is 14.2 Å². The molecule has 0 unspecified atom stereocenters. The standard InChI is InChI=1S/C21H20N2O4S/c24-20(18-13-26-16-8-2-3-9-17(16)27-18)23(12-14-6-5-11-25-14)21-22-15-7-1-4-10-19(15)28-21/h1-4,7-10,14,18H,5-6,11-13H2/t14-,18+/m0/s1. The van der Waals surface area contributed by atoms with Crippen LogP contribution in [-0.2, 0) is 9.53 Å². The van der Waals surface area contributed by atoms with Crippen LogP contribution in [0.4, 0.5) is 5.13 Å². The van der Waals surface area contributed by atoms with Crippen molar-refractivity contribution in [1.29, 1.82) is 0 Å². The van der Waals surface area contributed by atoms with E-state index in [0.717, 1.165) is 29.7 Å². The normalized spacial score (nSPS) is 21.0. The third-order valence-corrected chi connectivity index (χ3v) is 6.03. The molecule has 7 heteroatoms. The van der Waals surface area contributed by atoms with Gasteiger partial charge >= 0.3 is 0 Å². The number of hydrogen-bond acceptors (Lipinski definition) is 6. The summed E-state index contributed by atoms with van der Waals surface area (Å²) in [7, 11) is 0. The Hall–Kier alpha value is -2.64. The topological polar surface area (TPSA) is 60.9 Å². The van der Waals surface area contributed by atoms with Gasteiger partial charge in [-0.25, -0.2) is 4.98 Å². The van der Waals surface area contributed by atoms with Gasteiger partial charge in [0.2, 0.25) is 6.10 Å². The molecule has 3 aromatic rings. The molecular weight excluding hydrogens is 376 g/mol. The van der Waals surface area contributed by atoms with Gasteiger partial charge in [-0.2, -0.15) is 0 Å². The Morgan fingerprint density at radius 2 is 1.96 bits per heavy atom. The Labute approximate surface area is 166 Å². The molecule has 1 saturated heterocycles. The first kappa shape index (κ1) is 17.5. The van der Waals surface area contributed by atoms with Crippen molar-refractivity contribution < 1.29 is 19.0 Å². The molecule has 1 fully saturated rings. The van der Waals surface area contributed by atoms with E-state index in [2.05, 4.69) is 4.98 Å². The highest BCUT2D eigenvalue weighted by Crippen LogP contribution is 2.34. The van der Waals surface area contributed by atoms with Crippen LogP contribution >= 0.6 is 11.3 Å². The molecule has 0 aliphatic carbocycles. The lowest BCUT2D eigenvalue weighted by Crippen LogP contribution is -2.48. The molecule has 0 saturated carbocycles. The van der Waals surface area contributed by atoms with Crippen molar-refractivity contribution in [2.45, 2.75) is 25.0 Å². The van der Waals surface area contributed by atoms with Gasteiger partial charge in [0.15, 0.2) is 16.6 Å². The fourth-order valence-corrected chi connectivity index (χ4v) is 4.53. The van der Waals surface area contributed by atoms with Crippen LogP contribution in [-0.4, -0.2) is 42.9 Å². The predicted molar refractivity (Wildman–Crippen MR) is 107 cm³/mol. The number of rotatable bonds is 4. The van der Waals surface area contributed by atoms with Gasteiger partial charge in [-0.1, -0.05) is 35.6 Å². The number of amides is 1. The molecule has 28 heavy (non-hydrogen) atoms. The molecule has 3 heterocycles. The van der Waals surface area contributed by atoms with Crippen LogP contribution in [0.5, 0.6) is 11.5 Å². The summed E-state index contributed by atoms with van der Waals surface area (Å²) < 4.78 is 18.5. The summed E-state index contributed by atoms with van der Waals surface area (Å²) in [5.41, 5.74) is 0.888. The Morgan fingerprint density at radius 3 is 2.79 bits per heavy atom. The van der Waals surface area contributed by atoms with E-state index in [1.165, 1.54) is 11.3 Å². The molecule has 2 aliphatic heterocycles. The molecule has 2 aliphatic rings. The number of carbonyl (C=O) groups excluding carboxylic acids is 1. The minimum absolute atomic E-state index is 0.0211. The Kier molecular flexibility index (Phi) is 4.62. The molecule has 5 rings (SSSR count). The van der Waals surface area contributed by atoms with Gasteiger partial charge in [0.1, 0.15) is 6.61 Å². The minimum atomic E-state index is -0.705. The van der Waals surface area contributed by atoms with E-state index in [9.17, 15) is 4.79 Å². The summed E-state index contributed by atoms with van der Waals surface area (Å²) in [4.78, 5) is 19.8. The zero-order chi connectivity index (χ0) is 18.9. The monoisotopic (exact) mass is 396 g/mol. The Bertz CT molecular complexity index is 966. The molecule has 2 aromatic carbocycles. The highest BCUT2D eigenvalue weighted by atomic mass is 32.1. The van der Waals surface area contributed by atoms with Crippen LogP contribution in [0.15, 0.2) is 48.5 Å². The number of para-hydroxylation sites is 3. The van der Waals surface area contributed by atoms with E-state index in [-0.39, 0.29) is 18.6 Å². The molecule has 1 aromatic heterocycles. The van der Waals surface area contributed by atoms with Gasteiger partial charge in [-0.05, 0) is 37.1 Å². The summed E-state index contributed by atoms with van der Waals surface area (Å²) in [6, 6.07) is 15.3. The minimum Gasteiger partial charge on any atom is -0.485 e. The van der Waals surface area contributed by atoms with Crippen molar-refractivity contribution in [3.05, 3.63) is 48.5 Å². The zero-order valence-corrected chi connectivity index (χ0v) is 16.1. The quantitative estimate of drug-likeness (QED) is 0.674. The second kappa shape index (κ2) is 7.41. The first-order valence-corrected chi connectivity index (χ1v) is 10.3. The van der Waals surface area contributed by atoms with E-state index < -0.39 is 6.10 Å². The van der Waals surface area contributed by atoms with Gasteiger partial charge in [-0.3, -0.25) is 9.69 Å². The van der Waals surface area contributed by atoms with Crippen molar-refractivity contribution >= 4 is 32.6 Å². The second-order valence-electron chi connectivity index (χ2n) is 6.91. The summed E-state index contributed by atoms with van der Waals surface area (Å²) >= 11 is 1.51. The average molecular weight is 396 g/mol. The van der Waals surface area contributed by atoms with Crippen LogP contribution in [0.25, 0.3) is 10.2 Å². The fraction of sp³-hybridized carbons (Fsp3) is 0.333. The molecule has 0 N–H and O–H groups in total. The molecule has 6 nitrogen and oxygen atoms in total. The highest BCUT2D eigenvalue weighted by molar-refractivity contribution is 7.22. The largest absolute Gasteiger partial charge is 0.485 e. The molecule has 1 amide bonds. The van der Waals surface area contributed by atoms with Crippen LogP contribution in [0, 0.1) is 0 Å². The van der Waals surface area contributed by atoms with Crippen molar-refractivity contribution in [3.8, 4) is 11.5 Å². The fourth-order valence-electron chi connectivity index (χ4n) is 3.54. The number of benzene rings is 2. The number of hydrogen-bond donors (Lipinski definition) is 0. The van der Waals surface area contributed by atoms with Crippen LogP contribution in [0.2, 0.25) is 0 Å². The third kappa shape index (κ3) is 3.31. The molecule has 0 spiro atoms. The zero-order valence-electron chi connectivity index (χ0n) is 15.2. The maximum Gasteiger partial charge on any atom is 0.273 e. The lowest BCUT2D eigenvalue weighted by Gasteiger charge is -2.30. The smallest absolute Gasteiger partial charge is 0.273 e. The molecule has 0 bridgehead atoms. The summed E-state index contributed by atoms with van der Waals surface area (Å²) in [6.45, 7) is 1.39. The molecule has 144 valence electrons. The maximum absolute atomic E-state index is 13.4. The van der Waals surface area contributed by atoms with Crippen molar-refractivity contribution in [3.63, 3.8) is 0 Å². The third-order valence-electron chi connectivity index (χ3n) is 4.97. The lowest BCUT2D eigenvalue weighted by atomic mass is 10.2. The van der Waals surface area contributed by atoms with Crippen molar-refractivity contribution in [1.82, 2.24) is 4.98 Å². The van der Waals surface area contributed by atoms with Crippen LogP contribution < -0.4 is 14.4 Å².